The Hall–Kier alpha value is -2.53. The third kappa shape index (κ3) is 4.25. The molecule has 0 amide bonds. The Balaban J connectivity index is 1.70. The molecule has 5 nitrogen and oxygen atoms in total. The zero-order valence-corrected chi connectivity index (χ0v) is 17.3. The molecule has 3 N–H and O–H groups in total. The lowest BCUT2D eigenvalue weighted by Gasteiger charge is -2.33. The van der Waals surface area contributed by atoms with Gasteiger partial charge in [0.25, 0.3) is 0 Å². The number of phenolic OH excluding ortho intramolecular Hbond substituents is 1. The second-order valence-corrected chi connectivity index (χ2v) is 8.10. The van der Waals surface area contributed by atoms with E-state index in [1.54, 1.807) is 20.3 Å². The molecular weight excluding hydrogens is 364 g/mol. The zero-order chi connectivity index (χ0) is 20.2. The van der Waals surface area contributed by atoms with Gasteiger partial charge >= 0.3 is 0 Å². The molecule has 1 fully saturated rings. The number of para-hydroxylation sites is 1. The van der Waals surface area contributed by atoms with Gasteiger partial charge in [-0.25, -0.2) is 4.99 Å². The van der Waals surface area contributed by atoms with Crippen LogP contribution in [0.3, 0.4) is 0 Å². The first-order valence-corrected chi connectivity index (χ1v) is 10.6. The van der Waals surface area contributed by atoms with Gasteiger partial charge in [0, 0.05) is 12.3 Å². The van der Waals surface area contributed by atoms with Crippen molar-refractivity contribution in [2.24, 2.45) is 10.9 Å². The van der Waals surface area contributed by atoms with E-state index in [-0.39, 0.29) is 12.2 Å². The molecule has 1 aliphatic carbocycles. The molecule has 0 unspecified atom stereocenters. The van der Waals surface area contributed by atoms with Crippen molar-refractivity contribution in [3.63, 3.8) is 0 Å². The molecule has 1 aliphatic heterocycles. The van der Waals surface area contributed by atoms with Crippen molar-refractivity contribution in [3.05, 3.63) is 53.6 Å². The molecule has 2 atom stereocenters. The van der Waals surface area contributed by atoms with Crippen LogP contribution in [0.1, 0.15) is 55.7 Å². The van der Waals surface area contributed by atoms with Gasteiger partial charge in [0.1, 0.15) is 11.8 Å². The average molecular weight is 396 g/mol. The van der Waals surface area contributed by atoms with Crippen LogP contribution in [-0.4, -0.2) is 31.2 Å². The molecule has 0 saturated heterocycles. The van der Waals surface area contributed by atoms with Crippen LogP contribution in [0.4, 0.5) is 0 Å². The normalized spacial score (nSPS) is 22.8. The predicted molar refractivity (Wildman–Crippen MR) is 114 cm³/mol. The second kappa shape index (κ2) is 8.87. The quantitative estimate of drug-likeness (QED) is 0.809. The van der Waals surface area contributed by atoms with Crippen molar-refractivity contribution in [2.75, 3.05) is 14.2 Å². The Morgan fingerprint density at radius 1 is 0.966 bits per heavy atom. The number of hydrogen-bond donors (Lipinski definition) is 2. The summed E-state index contributed by atoms with van der Waals surface area (Å²) < 4.78 is 10.9. The number of ether oxygens (including phenoxy) is 2. The van der Waals surface area contributed by atoms with Crippen LogP contribution >= 0.6 is 0 Å². The fourth-order valence-electron chi connectivity index (χ4n) is 4.75. The topological polar surface area (TPSA) is 67.7 Å². The molecule has 1 saturated carbocycles. The number of nitrogens with two attached hydrogens (primary N) is 1. The Morgan fingerprint density at radius 3 is 2.45 bits per heavy atom. The Labute approximate surface area is 172 Å². The van der Waals surface area contributed by atoms with E-state index in [1.807, 2.05) is 30.3 Å². The summed E-state index contributed by atoms with van der Waals surface area (Å²) in [5, 5.41) is 12.8. The summed E-state index contributed by atoms with van der Waals surface area (Å²) >= 11 is 0. The Morgan fingerprint density at radius 2 is 1.72 bits per heavy atom. The summed E-state index contributed by atoms with van der Waals surface area (Å²) in [7, 11) is 3.31. The highest BCUT2D eigenvalue weighted by atomic mass is 16.5. The van der Waals surface area contributed by atoms with E-state index in [9.17, 15) is 5.11 Å². The van der Waals surface area contributed by atoms with E-state index in [0.717, 1.165) is 34.8 Å². The highest BCUT2D eigenvalue weighted by Crippen LogP contribution is 2.33. The minimum atomic E-state index is 0.156. The number of aliphatic imine (C=N–C) groups is 1. The Kier molecular flexibility index (Phi) is 6.05. The summed E-state index contributed by atoms with van der Waals surface area (Å²) in [5.74, 6) is 2.40. The smallest absolute Gasteiger partial charge is 0.183 e. The van der Waals surface area contributed by atoms with E-state index in [1.165, 1.54) is 32.1 Å². The van der Waals surface area contributed by atoms with Gasteiger partial charge in [0.2, 0.25) is 0 Å². The maximum absolute atomic E-state index is 10.5. The number of methoxy groups -OCH3 is 2. The number of benzene rings is 2. The van der Waals surface area contributed by atoms with Crippen LogP contribution in [-0.2, 0) is 0 Å². The molecule has 4 rings (SSSR count). The summed E-state index contributed by atoms with van der Waals surface area (Å²) in [6.45, 7) is 0. The van der Waals surface area contributed by atoms with Crippen molar-refractivity contribution in [1.29, 1.82) is 0 Å². The summed E-state index contributed by atoms with van der Waals surface area (Å²) in [4.78, 5) is 5.20. The van der Waals surface area contributed by atoms with Gasteiger partial charge in [-0.3, -0.25) is 0 Å². The molecule has 2 aromatic rings. The molecule has 2 aromatic carbocycles. The number of phenols is 1. The van der Waals surface area contributed by atoms with E-state index in [2.05, 4.69) is 11.4 Å². The highest BCUT2D eigenvalue weighted by Gasteiger charge is 2.35. The minimum absolute atomic E-state index is 0.156. The van der Waals surface area contributed by atoms with Crippen molar-refractivity contribution < 1.29 is 19.9 Å². The van der Waals surface area contributed by atoms with Gasteiger partial charge in [-0.2, -0.15) is 0 Å². The van der Waals surface area contributed by atoms with Crippen LogP contribution < -0.4 is 14.8 Å². The lowest BCUT2D eigenvalue weighted by Crippen LogP contribution is -2.93. The number of nitrogens with zero attached hydrogens (tertiary/aromatic N) is 1. The molecule has 2 aliphatic rings. The van der Waals surface area contributed by atoms with Crippen LogP contribution in [0, 0.1) is 5.92 Å². The molecule has 29 heavy (non-hydrogen) atoms. The first-order chi connectivity index (χ1) is 14.2. The van der Waals surface area contributed by atoms with E-state index in [4.69, 9.17) is 14.5 Å². The van der Waals surface area contributed by atoms with Gasteiger partial charge in [0.05, 0.1) is 25.5 Å². The van der Waals surface area contributed by atoms with Crippen molar-refractivity contribution in [1.82, 2.24) is 0 Å². The van der Waals surface area contributed by atoms with Crippen molar-refractivity contribution in [2.45, 2.75) is 50.7 Å². The molecule has 0 radical (unpaired) electrons. The number of aromatic hydroxyl groups is 1. The molecule has 5 heteroatoms. The maximum Gasteiger partial charge on any atom is 0.183 e. The van der Waals surface area contributed by atoms with E-state index >= 15 is 0 Å². The third-order valence-electron chi connectivity index (χ3n) is 6.33. The molecular formula is C24H31N2O3+. The lowest BCUT2D eigenvalue weighted by atomic mass is 9.84. The largest absolute Gasteiger partial charge is 0.507 e. The highest BCUT2D eigenvalue weighted by molar-refractivity contribution is 6.01. The summed E-state index contributed by atoms with van der Waals surface area (Å²) in [6.07, 6.45) is 7.34. The van der Waals surface area contributed by atoms with Gasteiger partial charge in [-0.05, 0) is 48.7 Å². The van der Waals surface area contributed by atoms with Crippen LogP contribution in [0.2, 0.25) is 0 Å². The molecule has 0 spiro atoms. The van der Waals surface area contributed by atoms with Crippen LogP contribution in [0.5, 0.6) is 17.2 Å². The molecule has 0 aromatic heterocycles. The van der Waals surface area contributed by atoms with Gasteiger partial charge in [-0.15, -0.1) is 0 Å². The van der Waals surface area contributed by atoms with E-state index < -0.39 is 0 Å². The number of rotatable bonds is 5. The van der Waals surface area contributed by atoms with Crippen molar-refractivity contribution >= 4 is 5.71 Å². The monoisotopic (exact) mass is 395 g/mol. The minimum Gasteiger partial charge on any atom is -0.507 e. The zero-order valence-electron chi connectivity index (χ0n) is 17.3. The third-order valence-corrected chi connectivity index (χ3v) is 6.33. The summed E-state index contributed by atoms with van der Waals surface area (Å²) in [5.41, 5.74) is 3.13. The first kappa shape index (κ1) is 19.8. The van der Waals surface area contributed by atoms with Crippen LogP contribution in [0.15, 0.2) is 47.5 Å². The number of quaternary nitrogens is 1. The van der Waals surface area contributed by atoms with Gasteiger partial charge in [-0.1, -0.05) is 31.4 Å². The maximum atomic E-state index is 10.5. The summed E-state index contributed by atoms with van der Waals surface area (Å²) in [6, 6.07) is 13.9. The number of hydrogen-bond acceptors (Lipinski definition) is 4. The predicted octanol–water partition coefficient (Wildman–Crippen LogP) is 3.81. The Bertz CT molecular complexity index is 874. The first-order valence-electron chi connectivity index (χ1n) is 10.6. The lowest BCUT2D eigenvalue weighted by molar-refractivity contribution is -0.735. The van der Waals surface area contributed by atoms with E-state index in [0.29, 0.717) is 11.7 Å². The van der Waals surface area contributed by atoms with Gasteiger partial charge < -0.3 is 19.9 Å². The molecule has 154 valence electrons. The fourth-order valence-corrected chi connectivity index (χ4v) is 4.75. The average Bonchev–Trinajstić information content (AvgIpc) is 2.79. The van der Waals surface area contributed by atoms with Gasteiger partial charge in [0.15, 0.2) is 17.7 Å². The molecule has 0 bridgehead atoms. The SMILES string of the molecule is COc1ccc(C2=N[C@H](C3CCCCC3)[NH2+][C@H](c3ccccc3O)C2)cc1OC. The van der Waals surface area contributed by atoms with Crippen LogP contribution in [0.25, 0.3) is 0 Å². The standard InChI is InChI=1S/C24H30N2O3/c1-28-22-13-12-17(14-23(22)29-2)19-15-20(18-10-6-7-11-21(18)27)26-24(25-19)16-8-4-3-5-9-16/h6-7,10-14,16,20,24,26-27H,3-5,8-9,15H2,1-2H3/p+1/t20-,24-/m0/s1. The fraction of sp³-hybridized carbons (Fsp3) is 0.458. The van der Waals surface area contributed by atoms with Crippen molar-refractivity contribution in [3.8, 4) is 17.2 Å². The second-order valence-electron chi connectivity index (χ2n) is 8.10. The molecule has 1 heterocycles.